The Morgan fingerprint density at radius 2 is 2.10 bits per heavy atom. The second-order valence-electron chi connectivity index (χ2n) is 6.94. The number of ether oxygens (including phenoxy) is 1. The molecule has 30 heavy (non-hydrogen) atoms. The summed E-state index contributed by atoms with van der Waals surface area (Å²) in [5, 5.41) is 13.2. The zero-order chi connectivity index (χ0) is 21.3. The first-order valence-corrected chi connectivity index (χ1v) is 10.3. The van der Waals surface area contributed by atoms with Crippen LogP contribution in [0.2, 0.25) is 0 Å². The smallest absolute Gasteiger partial charge is 0.337 e. The summed E-state index contributed by atoms with van der Waals surface area (Å²) in [7, 11) is 1.28. The van der Waals surface area contributed by atoms with Crippen LogP contribution in [0.1, 0.15) is 5.56 Å². The van der Waals surface area contributed by atoms with Crippen molar-refractivity contribution in [3.05, 3.63) is 59.3 Å². The highest BCUT2D eigenvalue weighted by Gasteiger charge is 2.34. The summed E-state index contributed by atoms with van der Waals surface area (Å²) >= 11 is 1.62. The van der Waals surface area contributed by atoms with Crippen LogP contribution in [0.3, 0.4) is 0 Å². The van der Waals surface area contributed by atoms with E-state index in [1.54, 1.807) is 11.3 Å². The van der Waals surface area contributed by atoms with Crippen molar-refractivity contribution in [2.45, 2.75) is 6.92 Å². The van der Waals surface area contributed by atoms with Crippen molar-refractivity contribution < 1.29 is 19.4 Å². The van der Waals surface area contributed by atoms with Gasteiger partial charge in [0.2, 0.25) is 0 Å². The average molecular weight is 423 g/mol. The highest BCUT2D eigenvalue weighted by atomic mass is 32.1. The van der Waals surface area contributed by atoms with Gasteiger partial charge in [0.1, 0.15) is 10.7 Å². The van der Waals surface area contributed by atoms with Crippen LogP contribution in [0.5, 0.6) is 0 Å². The summed E-state index contributed by atoms with van der Waals surface area (Å²) < 4.78 is 5.95. The molecule has 0 atom stereocenters. The third-order valence-corrected chi connectivity index (χ3v) is 6.07. The largest absolute Gasteiger partial charge is 0.466 e. The maximum absolute atomic E-state index is 12.7. The lowest BCUT2D eigenvalue weighted by atomic mass is 10.1. The highest BCUT2D eigenvalue weighted by Crippen LogP contribution is 2.33. The van der Waals surface area contributed by atoms with E-state index in [0.29, 0.717) is 0 Å². The lowest BCUT2D eigenvalue weighted by Gasteiger charge is -2.15. The lowest BCUT2D eigenvalue weighted by molar-refractivity contribution is -0.136. The van der Waals surface area contributed by atoms with Gasteiger partial charge in [-0.25, -0.2) is 9.78 Å². The van der Waals surface area contributed by atoms with E-state index in [0.717, 1.165) is 32.0 Å². The maximum atomic E-state index is 12.7. The van der Waals surface area contributed by atoms with Crippen molar-refractivity contribution in [3.8, 4) is 10.6 Å². The predicted molar refractivity (Wildman–Crippen MR) is 116 cm³/mol. The molecule has 7 nitrogen and oxygen atoms in total. The molecule has 0 radical (unpaired) electrons. The first kappa shape index (κ1) is 20.1. The van der Waals surface area contributed by atoms with Crippen molar-refractivity contribution in [2.75, 3.05) is 32.1 Å². The van der Waals surface area contributed by atoms with Crippen molar-refractivity contribution in [3.63, 3.8) is 0 Å². The molecule has 1 amide bonds. The number of methoxy groups -OCH3 is 1. The second-order valence-corrected chi connectivity index (χ2v) is 7.97. The van der Waals surface area contributed by atoms with Gasteiger partial charge in [-0.3, -0.25) is 4.79 Å². The summed E-state index contributed by atoms with van der Waals surface area (Å²) in [4.78, 5) is 31.0. The van der Waals surface area contributed by atoms with Gasteiger partial charge in [0.15, 0.2) is 0 Å². The number of β-amino-alcohol motifs (C(OH)–C–C–N with tert-alkyl or cyclic N) is 1. The molecular weight excluding hydrogens is 402 g/mol. The van der Waals surface area contributed by atoms with Crippen molar-refractivity contribution in [1.82, 2.24) is 9.88 Å². The number of aryl methyl sites for hydroxylation is 1. The average Bonchev–Trinajstić information content (AvgIpc) is 3.31. The molecule has 0 fully saturated rings. The van der Waals surface area contributed by atoms with Gasteiger partial charge in [0, 0.05) is 17.8 Å². The van der Waals surface area contributed by atoms with Gasteiger partial charge < -0.3 is 20.1 Å². The van der Waals surface area contributed by atoms with Crippen molar-refractivity contribution >= 4 is 39.1 Å². The molecule has 4 rings (SSSR count). The van der Waals surface area contributed by atoms with Crippen LogP contribution in [-0.4, -0.2) is 53.7 Å². The van der Waals surface area contributed by atoms with Gasteiger partial charge in [-0.05, 0) is 42.8 Å². The number of carbonyl (C=O) groups excluding carboxylic acids is 2. The lowest BCUT2D eigenvalue weighted by Crippen LogP contribution is -2.31. The number of hydrogen-bond acceptors (Lipinski definition) is 7. The van der Waals surface area contributed by atoms with Gasteiger partial charge in [-0.15, -0.1) is 11.3 Å². The monoisotopic (exact) mass is 423 g/mol. The highest BCUT2D eigenvalue weighted by molar-refractivity contribution is 7.21. The molecule has 1 aromatic heterocycles. The van der Waals surface area contributed by atoms with E-state index in [9.17, 15) is 14.7 Å². The number of esters is 1. The summed E-state index contributed by atoms with van der Waals surface area (Å²) in [5.74, 6) is -0.894. The fraction of sp³-hybridized carbons (Fsp3) is 0.227. The molecule has 154 valence electrons. The normalized spacial score (nSPS) is 14.0. The zero-order valence-corrected chi connectivity index (χ0v) is 17.5. The quantitative estimate of drug-likeness (QED) is 0.593. The Morgan fingerprint density at radius 1 is 1.30 bits per heavy atom. The topological polar surface area (TPSA) is 91.8 Å². The third kappa shape index (κ3) is 3.67. The SMILES string of the molecule is COC(=O)C1=C(Nc2ccc(-c3nc4ccccc4s3)cc2C)C(=O)N(CCO)C1. The molecule has 2 N–H and O–H groups in total. The molecule has 0 saturated heterocycles. The van der Waals surface area contributed by atoms with Gasteiger partial charge in [-0.1, -0.05) is 12.1 Å². The molecule has 0 unspecified atom stereocenters. The van der Waals surface area contributed by atoms with Crippen LogP contribution >= 0.6 is 11.3 Å². The Bertz CT molecular complexity index is 1140. The van der Waals surface area contributed by atoms with Crippen LogP contribution in [-0.2, 0) is 14.3 Å². The van der Waals surface area contributed by atoms with E-state index in [1.807, 2.05) is 49.4 Å². The number of carbonyl (C=O) groups is 2. The van der Waals surface area contributed by atoms with Crippen molar-refractivity contribution in [2.24, 2.45) is 0 Å². The van der Waals surface area contributed by atoms with Gasteiger partial charge in [-0.2, -0.15) is 0 Å². The minimum absolute atomic E-state index is 0.108. The fourth-order valence-electron chi connectivity index (χ4n) is 3.42. The molecule has 0 spiro atoms. The Kier molecular flexibility index (Phi) is 5.52. The number of fused-ring (bicyclic) bond motifs is 1. The number of benzene rings is 2. The van der Waals surface area contributed by atoms with Gasteiger partial charge in [0.05, 0.1) is 36.1 Å². The number of anilines is 1. The number of hydrogen-bond donors (Lipinski definition) is 2. The summed E-state index contributed by atoms with van der Waals surface area (Å²) in [6.07, 6.45) is 0. The molecule has 2 heterocycles. The van der Waals surface area contributed by atoms with E-state index < -0.39 is 5.97 Å². The number of rotatable bonds is 6. The first-order chi connectivity index (χ1) is 14.5. The molecule has 3 aromatic rings. The standard InChI is InChI=1S/C22H21N3O4S/c1-13-11-14(20-24-17-5-3-4-6-18(17)30-20)7-8-16(13)23-19-15(22(28)29-2)12-25(9-10-26)21(19)27/h3-8,11,23,26H,9-10,12H2,1-2H3. The Balaban J connectivity index is 1.64. The fourth-order valence-corrected chi connectivity index (χ4v) is 4.38. The summed E-state index contributed by atoms with van der Waals surface area (Å²) in [6, 6.07) is 13.8. The molecule has 1 aliphatic heterocycles. The number of aromatic nitrogens is 1. The molecule has 2 aromatic carbocycles. The van der Waals surface area contributed by atoms with E-state index in [-0.39, 0.29) is 36.9 Å². The van der Waals surface area contributed by atoms with E-state index in [2.05, 4.69) is 10.3 Å². The van der Waals surface area contributed by atoms with Crippen LogP contribution in [0, 0.1) is 6.92 Å². The molecule has 8 heteroatoms. The summed E-state index contributed by atoms with van der Waals surface area (Å²) in [5.41, 5.74) is 4.02. The van der Waals surface area contributed by atoms with Crippen LogP contribution < -0.4 is 5.32 Å². The van der Waals surface area contributed by atoms with E-state index >= 15 is 0 Å². The van der Waals surface area contributed by atoms with Crippen molar-refractivity contribution in [1.29, 1.82) is 0 Å². The predicted octanol–water partition coefficient (Wildman–Crippen LogP) is 2.95. The summed E-state index contributed by atoms with van der Waals surface area (Å²) in [6.45, 7) is 2.02. The number of aliphatic hydroxyl groups excluding tert-OH is 1. The number of amides is 1. The first-order valence-electron chi connectivity index (χ1n) is 9.47. The van der Waals surface area contributed by atoms with Crippen LogP contribution in [0.25, 0.3) is 20.8 Å². The molecule has 0 saturated carbocycles. The zero-order valence-electron chi connectivity index (χ0n) is 16.6. The Hall–Kier alpha value is -3.23. The Morgan fingerprint density at radius 3 is 2.80 bits per heavy atom. The van der Waals surface area contributed by atoms with Gasteiger partial charge in [0.25, 0.3) is 5.91 Å². The maximum Gasteiger partial charge on any atom is 0.337 e. The third-order valence-electron chi connectivity index (χ3n) is 4.98. The van der Waals surface area contributed by atoms with E-state index in [1.165, 1.54) is 12.0 Å². The molecule has 0 aliphatic carbocycles. The number of nitrogens with zero attached hydrogens (tertiary/aromatic N) is 2. The minimum Gasteiger partial charge on any atom is -0.466 e. The number of para-hydroxylation sites is 1. The second kappa shape index (κ2) is 8.25. The molecule has 0 bridgehead atoms. The van der Waals surface area contributed by atoms with Crippen LogP contribution in [0.4, 0.5) is 5.69 Å². The van der Waals surface area contributed by atoms with Gasteiger partial charge >= 0.3 is 5.97 Å². The number of thiazole rings is 1. The van der Waals surface area contributed by atoms with E-state index in [4.69, 9.17) is 4.74 Å². The minimum atomic E-state index is -0.560. The van der Waals surface area contributed by atoms with Crippen LogP contribution in [0.15, 0.2) is 53.7 Å². The Labute approximate surface area is 177 Å². The number of aliphatic hydroxyl groups is 1. The molecule has 1 aliphatic rings. The molecular formula is C22H21N3O4S. The number of nitrogens with one attached hydrogen (secondary N) is 1.